The number of hydrogen-bond donors (Lipinski definition) is 1. The average molecular weight is 326 g/mol. The van der Waals surface area contributed by atoms with Gasteiger partial charge in [0, 0.05) is 6.07 Å². The molecule has 3 rings (SSSR count). The number of rotatable bonds is 6. The first-order valence-electron chi connectivity index (χ1n) is 7.71. The van der Waals surface area contributed by atoms with E-state index in [1.807, 2.05) is 38.1 Å². The minimum Gasteiger partial charge on any atom is -0.494 e. The Morgan fingerprint density at radius 1 is 1.29 bits per heavy atom. The third-order valence-electron chi connectivity index (χ3n) is 3.72. The van der Waals surface area contributed by atoms with Gasteiger partial charge in [0.15, 0.2) is 0 Å². The molecule has 0 spiro atoms. The van der Waals surface area contributed by atoms with E-state index < -0.39 is 4.92 Å². The summed E-state index contributed by atoms with van der Waals surface area (Å²) in [6, 6.07) is 12.8. The summed E-state index contributed by atoms with van der Waals surface area (Å²) in [7, 11) is 0. The Bertz CT molecular complexity index is 858. The van der Waals surface area contributed by atoms with Crippen LogP contribution in [0.5, 0.6) is 5.75 Å². The Kier molecular flexibility index (Phi) is 4.33. The predicted molar refractivity (Wildman–Crippen MR) is 91.5 cm³/mol. The highest BCUT2D eigenvalue weighted by Gasteiger charge is 2.23. The quantitative estimate of drug-likeness (QED) is 0.550. The summed E-state index contributed by atoms with van der Waals surface area (Å²) in [5, 5.41) is 14.6. The van der Waals surface area contributed by atoms with Crippen LogP contribution in [0, 0.1) is 10.1 Å². The van der Waals surface area contributed by atoms with Crippen LogP contribution in [0.2, 0.25) is 0 Å². The number of ether oxygens (including phenoxy) is 1. The topological polar surface area (TPSA) is 81.7 Å². The van der Waals surface area contributed by atoms with Gasteiger partial charge in [0.05, 0.1) is 18.8 Å². The molecule has 0 fully saturated rings. The highest BCUT2D eigenvalue weighted by Crippen LogP contribution is 2.29. The molecule has 2 aromatic heterocycles. The first-order valence-corrected chi connectivity index (χ1v) is 7.71. The standard InChI is InChI=1S/C17H18N4O3/c1-3-24-14-9-7-13(8-10-14)12(2)18-16-17(21(22)23)20-11-5-4-6-15(20)19-16/h4-12,18H,3H2,1-2H3/t12-/m0/s1. The van der Waals surface area contributed by atoms with Crippen LogP contribution in [0.4, 0.5) is 11.6 Å². The maximum atomic E-state index is 11.4. The first-order chi connectivity index (χ1) is 11.6. The molecule has 0 amide bonds. The fourth-order valence-corrected chi connectivity index (χ4v) is 2.56. The van der Waals surface area contributed by atoms with Gasteiger partial charge in [-0.2, -0.15) is 9.38 Å². The third-order valence-corrected chi connectivity index (χ3v) is 3.72. The second kappa shape index (κ2) is 6.57. The van der Waals surface area contributed by atoms with Crippen molar-refractivity contribution in [1.29, 1.82) is 0 Å². The maximum absolute atomic E-state index is 11.4. The zero-order chi connectivity index (χ0) is 17.1. The summed E-state index contributed by atoms with van der Waals surface area (Å²) in [5.74, 6) is 0.989. The normalized spacial score (nSPS) is 12.1. The number of aromatic nitrogens is 2. The molecule has 0 aliphatic heterocycles. The van der Waals surface area contributed by atoms with Crippen molar-refractivity contribution in [3.05, 3.63) is 64.3 Å². The Hall–Kier alpha value is -3.09. The summed E-state index contributed by atoms with van der Waals surface area (Å²) in [6.07, 6.45) is 1.63. The SMILES string of the molecule is CCOc1ccc([C@H](C)Nc2nc3ccccn3c2[N+](=O)[O-])cc1. The molecule has 0 saturated carbocycles. The zero-order valence-electron chi connectivity index (χ0n) is 13.5. The van der Waals surface area contributed by atoms with Crippen LogP contribution < -0.4 is 10.1 Å². The monoisotopic (exact) mass is 326 g/mol. The van der Waals surface area contributed by atoms with Crippen LogP contribution in [0.15, 0.2) is 48.7 Å². The summed E-state index contributed by atoms with van der Waals surface area (Å²) >= 11 is 0. The molecule has 0 aliphatic rings. The highest BCUT2D eigenvalue weighted by atomic mass is 16.6. The molecule has 1 N–H and O–H groups in total. The van der Waals surface area contributed by atoms with Crippen molar-refractivity contribution in [1.82, 2.24) is 9.38 Å². The molecule has 0 saturated heterocycles. The van der Waals surface area contributed by atoms with Crippen molar-refractivity contribution < 1.29 is 9.66 Å². The second-order valence-electron chi connectivity index (χ2n) is 5.34. The van der Waals surface area contributed by atoms with Gasteiger partial charge in [0.2, 0.25) is 11.5 Å². The molecule has 3 aromatic rings. The number of nitro groups is 1. The van der Waals surface area contributed by atoms with Crippen LogP contribution >= 0.6 is 0 Å². The van der Waals surface area contributed by atoms with Crippen molar-refractivity contribution in [3.63, 3.8) is 0 Å². The lowest BCUT2D eigenvalue weighted by Gasteiger charge is -2.14. The Balaban J connectivity index is 1.88. The van der Waals surface area contributed by atoms with E-state index in [2.05, 4.69) is 10.3 Å². The molecule has 24 heavy (non-hydrogen) atoms. The fraction of sp³-hybridized carbons (Fsp3) is 0.235. The van der Waals surface area contributed by atoms with Gasteiger partial charge in [-0.3, -0.25) is 0 Å². The van der Waals surface area contributed by atoms with Crippen LogP contribution in [0.3, 0.4) is 0 Å². The summed E-state index contributed by atoms with van der Waals surface area (Å²) < 4.78 is 6.89. The van der Waals surface area contributed by atoms with Crippen molar-refractivity contribution in [3.8, 4) is 5.75 Å². The lowest BCUT2D eigenvalue weighted by Crippen LogP contribution is -2.08. The largest absolute Gasteiger partial charge is 0.494 e. The van der Waals surface area contributed by atoms with E-state index in [-0.39, 0.29) is 17.7 Å². The van der Waals surface area contributed by atoms with E-state index in [1.54, 1.807) is 24.4 Å². The number of fused-ring (bicyclic) bond motifs is 1. The number of imidazole rings is 1. The predicted octanol–water partition coefficient (Wildman–Crippen LogP) is 3.81. The Morgan fingerprint density at radius 3 is 2.71 bits per heavy atom. The van der Waals surface area contributed by atoms with E-state index >= 15 is 0 Å². The zero-order valence-corrected chi connectivity index (χ0v) is 13.5. The molecule has 0 aliphatic carbocycles. The van der Waals surface area contributed by atoms with Crippen LogP contribution in [-0.2, 0) is 0 Å². The van der Waals surface area contributed by atoms with Gasteiger partial charge in [-0.15, -0.1) is 0 Å². The van der Waals surface area contributed by atoms with Gasteiger partial charge < -0.3 is 20.2 Å². The van der Waals surface area contributed by atoms with Crippen LogP contribution in [0.25, 0.3) is 5.65 Å². The van der Waals surface area contributed by atoms with E-state index in [1.165, 1.54) is 4.40 Å². The lowest BCUT2D eigenvalue weighted by atomic mass is 10.1. The molecular formula is C17H18N4O3. The molecule has 0 radical (unpaired) electrons. The molecular weight excluding hydrogens is 308 g/mol. The number of hydrogen-bond acceptors (Lipinski definition) is 5. The second-order valence-corrected chi connectivity index (χ2v) is 5.34. The lowest BCUT2D eigenvalue weighted by molar-refractivity contribution is -0.389. The number of benzene rings is 1. The summed E-state index contributed by atoms with van der Waals surface area (Å²) in [4.78, 5) is 15.3. The molecule has 7 nitrogen and oxygen atoms in total. The van der Waals surface area contributed by atoms with Gasteiger partial charge in [-0.1, -0.05) is 18.2 Å². The van der Waals surface area contributed by atoms with Crippen molar-refractivity contribution >= 4 is 17.3 Å². The molecule has 0 unspecified atom stereocenters. The number of nitrogens with zero attached hydrogens (tertiary/aromatic N) is 3. The van der Waals surface area contributed by atoms with Crippen molar-refractivity contribution in [2.75, 3.05) is 11.9 Å². The van der Waals surface area contributed by atoms with Crippen LogP contribution in [0.1, 0.15) is 25.5 Å². The van der Waals surface area contributed by atoms with E-state index in [4.69, 9.17) is 4.74 Å². The Morgan fingerprint density at radius 2 is 2.04 bits per heavy atom. The van der Waals surface area contributed by atoms with Gasteiger partial charge in [-0.25, -0.2) is 0 Å². The van der Waals surface area contributed by atoms with Crippen molar-refractivity contribution in [2.24, 2.45) is 0 Å². The first kappa shape index (κ1) is 15.8. The number of pyridine rings is 1. The number of nitrogens with one attached hydrogen (secondary N) is 1. The van der Waals surface area contributed by atoms with Crippen LogP contribution in [-0.4, -0.2) is 20.9 Å². The van der Waals surface area contributed by atoms with Gasteiger partial charge in [0.25, 0.3) is 0 Å². The number of anilines is 1. The summed E-state index contributed by atoms with van der Waals surface area (Å²) in [5.41, 5.74) is 1.52. The molecule has 7 heteroatoms. The molecule has 1 aromatic carbocycles. The van der Waals surface area contributed by atoms with E-state index in [9.17, 15) is 10.1 Å². The Labute approximate surface area is 139 Å². The smallest absolute Gasteiger partial charge is 0.372 e. The van der Waals surface area contributed by atoms with Gasteiger partial charge in [0.1, 0.15) is 5.75 Å². The third kappa shape index (κ3) is 3.01. The molecule has 1 atom stereocenters. The summed E-state index contributed by atoms with van der Waals surface area (Å²) in [6.45, 7) is 4.48. The minimum atomic E-state index is -0.423. The molecule has 124 valence electrons. The van der Waals surface area contributed by atoms with Gasteiger partial charge in [-0.05, 0) is 42.5 Å². The minimum absolute atomic E-state index is 0.0663. The maximum Gasteiger partial charge on any atom is 0.372 e. The molecule has 2 heterocycles. The average Bonchev–Trinajstić information content (AvgIpc) is 2.93. The van der Waals surface area contributed by atoms with Gasteiger partial charge >= 0.3 is 5.82 Å². The van der Waals surface area contributed by atoms with Crippen molar-refractivity contribution in [2.45, 2.75) is 19.9 Å². The van der Waals surface area contributed by atoms with E-state index in [0.29, 0.717) is 12.3 Å². The molecule has 0 bridgehead atoms. The highest BCUT2D eigenvalue weighted by molar-refractivity contribution is 5.62. The van der Waals surface area contributed by atoms with E-state index in [0.717, 1.165) is 11.3 Å². The fourth-order valence-electron chi connectivity index (χ4n) is 2.56.